The summed E-state index contributed by atoms with van der Waals surface area (Å²) in [6, 6.07) is 0. The van der Waals surface area contributed by atoms with Gasteiger partial charge in [-0.05, 0) is 19.3 Å². The van der Waals surface area contributed by atoms with Crippen LogP contribution < -0.4 is 9.62 Å². The Bertz CT molecular complexity index is 271. The van der Waals surface area contributed by atoms with Gasteiger partial charge in [0.2, 0.25) is 0 Å². The van der Waals surface area contributed by atoms with E-state index in [1.54, 1.807) is 0 Å². The molecule has 0 saturated carbocycles. The lowest BCUT2D eigenvalue weighted by Crippen LogP contribution is -3.13. The topological polar surface area (TPSA) is 53.9 Å². The molecule has 15 heavy (non-hydrogen) atoms. The van der Waals surface area contributed by atoms with Gasteiger partial charge in [0.05, 0.1) is 26.2 Å². The van der Waals surface area contributed by atoms with E-state index in [-0.39, 0.29) is 0 Å². The number of nitrogens with zero attached hydrogens (tertiary/aromatic N) is 1. The lowest BCUT2D eigenvalue weighted by atomic mass is 10.1. The van der Waals surface area contributed by atoms with E-state index in [1.807, 2.05) is 0 Å². The van der Waals surface area contributed by atoms with E-state index in [9.17, 15) is 8.42 Å². The van der Waals surface area contributed by atoms with Crippen molar-refractivity contribution in [1.82, 2.24) is 9.03 Å². The van der Waals surface area contributed by atoms with Gasteiger partial charge in [0.15, 0.2) is 0 Å². The summed E-state index contributed by atoms with van der Waals surface area (Å²) in [6.45, 7) is 3.80. The van der Waals surface area contributed by atoms with Gasteiger partial charge in [-0.1, -0.05) is 0 Å². The molecule has 0 bridgehead atoms. The highest BCUT2D eigenvalue weighted by Gasteiger charge is 2.16. The van der Waals surface area contributed by atoms with Crippen LogP contribution in [0.3, 0.4) is 0 Å². The van der Waals surface area contributed by atoms with Crippen molar-refractivity contribution in [2.24, 2.45) is 0 Å². The van der Waals surface area contributed by atoms with Crippen LogP contribution in [0, 0.1) is 0 Å². The summed E-state index contributed by atoms with van der Waals surface area (Å²) in [5, 5.41) is 0. The molecule has 0 spiro atoms. The molecule has 0 radical (unpaired) electrons. The highest BCUT2D eigenvalue weighted by molar-refractivity contribution is 7.87. The van der Waals surface area contributed by atoms with E-state index in [0.717, 1.165) is 6.54 Å². The van der Waals surface area contributed by atoms with Crippen LogP contribution >= 0.6 is 0 Å². The molecular weight excluding hydrogens is 214 g/mol. The van der Waals surface area contributed by atoms with Gasteiger partial charge >= 0.3 is 0 Å². The largest absolute Gasteiger partial charge is 0.334 e. The Morgan fingerprint density at radius 2 is 1.80 bits per heavy atom. The maximum atomic E-state index is 11.4. The van der Waals surface area contributed by atoms with Crippen LogP contribution in [0.5, 0.6) is 0 Å². The SMILES string of the molecule is CN(C)S(=O)(=O)NCC[NH+]1CCCCC1. The van der Waals surface area contributed by atoms with Gasteiger partial charge in [-0.25, -0.2) is 0 Å². The quantitative estimate of drug-likeness (QED) is 0.607. The van der Waals surface area contributed by atoms with Crippen LogP contribution in [0.2, 0.25) is 0 Å². The molecule has 0 unspecified atom stereocenters. The van der Waals surface area contributed by atoms with E-state index >= 15 is 0 Å². The van der Waals surface area contributed by atoms with Gasteiger partial charge in [0.1, 0.15) is 0 Å². The first-order valence-electron chi connectivity index (χ1n) is 5.53. The van der Waals surface area contributed by atoms with Gasteiger partial charge in [0.25, 0.3) is 10.2 Å². The van der Waals surface area contributed by atoms with Gasteiger partial charge in [-0.15, -0.1) is 0 Å². The number of nitrogens with one attached hydrogen (secondary N) is 2. The zero-order valence-corrected chi connectivity index (χ0v) is 10.4. The molecule has 2 N–H and O–H groups in total. The van der Waals surface area contributed by atoms with E-state index in [1.165, 1.54) is 55.7 Å². The Kier molecular flexibility index (Phi) is 4.98. The van der Waals surface area contributed by atoms with Gasteiger partial charge in [0, 0.05) is 14.1 Å². The number of quaternary nitrogens is 1. The normalized spacial score (nSPS) is 19.7. The van der Waals surface area contributed by atoms with Crippen molar-refractivity contribution in [3.63, 3.8) is 0 Å². The molecule has 0 atom stereocenters. The predicted molar refractivity (Wildman–Crippen MR) is 60.0 cm³/mol. The minimum absolute atomic E-state index is 0.538. The molecule has 0 aromatic carbocycles. The molecule has 1 fully saturated rings. The van der Waals surface area contributed by atoms with E-state index in [2.05, 4.69) is 4.72 Å². The van der Waals surface area contributed by atoms with Crippen LogP contribution in [0.15, 0.2) is 0 Å². The Hall–Kier alpha value is -0.170. The summed E-state index contributed by atoms with van der Waals surface area (Å²) in [5.74, 6) is 0. The minimum Gasteiger partial charge on any atom is -0.334 e. The molecule has 90 valence electrons. The second-order valence-corrected chi connectivity index (χ2v) is 6.21. The lowest BCUT2D eigenvalue weighted by molar-refractivity contribution is -0.903. The summed E-state index contributed by atoms with van der Waals surface area (Å²) in [4.78, 5) is 1.52. The highest BCUT2D eigenvalue weighted by atomic mass is 32.2. The van der Waals surface area contributed by atoms with Gasteiger partial charge in [-0.2, -0.15) is 17.4 Å². The summed E-state index contributed by atoms with van der Waals surface area (Å²) in [7, 11) is -0.153. The number of hydrogen-bond donors (Lipinski definition) is 2. The molecule has 1 saturated heterocycles. The summed E-state index contributed by atoms with van der Waals surface area (Å²) >= 11 is 0. The fourth-order valence-electron chi connectivity index (χ4n) is 1.79. The van der Waals surface area contributed by atoms with E-state index in [0.29, 0.717) is 6.54 Å². The van der Waals surface area contributed by atoms with Crippen LogP contribution in [-0.2, 0) is 10.2 Å². The molecule has 0 aromatic rings. The molecule has 0 amide bonds. The van der Waals surface area contributed by atoms with Crippen LogP contribution in [0.1, 0.15) is 19.3 Å². The first-order valence-corrected chi connectivity index (χ1v) is 6.97. The Balaban J connectivity index is 2.20. The highest BCUT2D eigenvalue weighted by Crippen LogP contribution is 1.94. The molecule has 5 nitrogen and oxygen atoms in total. The van der Waals surface area contributed by atoms with E-state index in [4.69, 9.17) is 0 Å². The zero-order valence-electron chi connectivity index (χ0n) is 9.62. The van der Waals surface area contributed by atoms with Crippen molar-refractivity contribution in [1.29, 1.82) is 0 Å². The van der Waals surface area contributed by atoms with Gasteiger partial charge < -0.3 is 4.90 Å². The molecule has 1 aliphatic rings. The fraction of sp³-hybridized carbons (Fsp3) is 1.00. The molecule has 6 heteroatoms. The zero-order chi connectivity index (χ0) is 11.3. The third-order valence-electron chi connectivity index (χ3n) is 2.80. The number of likely N-dealkylation sites (tertiary alicyclic amines) is 1. The average Bonchev–Trinajstić information content (AvgIpc) is 2.19. The first kappa shape index (κ1) is 12.9. The number of piperidine rings is 1. The average molecular weight is 236 g/mol. The van der Waals surface area contributed by atoms with Crippen LogP contribution in [-0.4, -0.2) is 53.0 Å². The predicted octanol–water partition coefficient (Wildman–Crippen LogP) is -1.55. The maximum absolute atomic E-state index is 11.4. The molecule has 1 rings (SSSR count). The minimum atomic E-state index is -3.23. The smallest absolute Gasteiger partial charge is 0.279 e. The van der Waals surface area contributed by atoms with Crippen molar-refractivity contribution in [2.75, 3.05) is 40.3 Å². The lowest BCUT2D eigenvalue weighted by Gasteiger charge is -2.23. The standard InChI is InChI=1S/C9H21N3O2S/c1-11(2)15(13,14)10-6-9-12-7-4-3-5-8-12/h10H,3-9H2,1-2H3/p+1. The second-order valence-electron chi connectivity index (χ2n) is 4.24. The summed E-state index contributed by atoms with van der Waals surface area (Å²) in [6.07, 6.45) is 3.87. The second kappa shape index (κ2) is 5.79. The molecule has 1 heterocycles. The van der Waals surface area contributed by atoms with Gasteiger partial charge in [-0.3, -0.25) is 0 Å². The molecule has 1 aliphatic heterocycles. The number of hydrogen-bond acceptors (Lipinski definition) is 2. The molecular formula is C9H22N3O2S+. The maximum Gasteiger partial charge on any atom is 0.279 e. The van der Waals surface area contributed by atoms with Crippen LogP contribution in [0.4, 0.5) is 0 Å². The number of rotatable bonds is 5. The third kappa shape index (κ3) is 4.46. The Labute approximate surface area is 92.6 Å². The van der Waals surface area contributed by atoms with Crippen molar-refractivity contribution in [2.45, 2.75) is 19.3 Å². The summed E-state index contributed by atoms with van der Waals surface area (Å²) < 4.78 is 26.5. The Morgan fingerprint density at radius 1 is 1.20 bits per heavy atom. The third-order valence-corrected chi connectivity index (χ3v) is 4.33. The fourth-order valence-corrected chi connectivity index (χ4v) is 2.41. The Morgan fingerprint density at radius 3 is 2.33 bits per heavy atom. The van der Waals surface area contributed by atoms with Crippen molar-refractivity contribution >= 4 is 10.2 Å². The van der Waals surface area contributed by atoms with Crippen molar-refractivity contribution < 1.29 is 13.3 Å². The molecule has 0 aliphatic carbocycles. The van der Waals surface area contributed by atoms with E-state index < -0.39 is 10.2 Å². The van der Waals surface area contributed by atoms with Crippen molar-refractivity contribution in [3.05, 3.63) is 0 Å². The monoisotopic (exact) mass is 236 g/mol. The van der Waals surface area contributed by atoms with Crippen LogP contribution in [0.25, 0.3) is 0 Å². The molecule has 0 aromatic heterocycles. The summed E-state index contributed by atoms with van der Waals surface area (Å²) in [5.41, 5.74) is 0. The first-order chi connectivity index (χ1) is 7.02. The van der Waals surface area contributed by atoms with Crippen molar-refractivity contribution in [3.8, 4) is 0 Å².